The van der Waals surface area contributed by atoms with Crippen LogP contribution in [0.4, 0.5) is 0 Å². The van der Waals surface area contributed by atoms with Crippen LogP contribution in [0.5, 0.6) is 0 Å². The molecule has 22 heavy (non-hydrogen) atoms. The second kappa shape index (κ2) is 9.54. The van der Waals surface area contributed by atoms with E-state index in [0.717, 1.165) is 6.08 Å². The Morgan fingerprint density at radius 1 is 1.18 bits per heavy atom. The Labute approximate surface area is 127 Å². The maximum absolute atomic E-state index is 11.4. The molecule has 1 fully saturated rings. The fraction of sp³-hybridized carbons (Fsp3) is 0.571. The lowest BCUT2D eigenvalue weighted by Crippen LogP contribution is -2.22. The van der Waals surface area contributed by atoms with Gasteiger partial charge in [0.2, 0.25) is 6.10 Å². The minimum absolute atomic E-state index is 0.0303. The van der Waals surface area contributed by atoms with Crippen molar-refractivity contribution in [2.75, 3.05) is 19.8 Å². The van der Waals surface area contributed by atoms with Crippen LogP contribution in [0.15, 0.2) is 12.7 Å². The van der Waals surface area contributed by atoms with Crippen LogP contribution in [0.3, 0.4) is 0 Å². The molecule has 8 heteroatoms. The molecule has 1 aliphatic heterocycles. The summed E-state index contributed by atoms with van der Waals surface area (Å²) < 4.78 is 19.0. The molecule has 0 saturated carbocycles. The zero-order valence-electron chi connectivity index (χ0n) is 12.1. The molecule has 1 atom stereocenters. The third-order valence-electron chi connectivity index (χ3n) is 2.67. The highest BCUT2D eigenvalue weighted by atomic mass is 16.6. The number of esters is 4. The summed E-state index contributed by atoms with van der Waals surface area (Å²) in [4.78, 5) is 44.5. The van der Waals surface area contributed by atoms with Gasteiger partial charge in [-0.3, -0.25) is 9.59 Å². The Morgan fingerprint density at radius 3 is 2.59 bits per heavy atom. The van der Waals surface area contributed by atoms with Crippen molar-refractivity contribution in [3.63, 3.8) is 0 Å². The molecule has 8 nitrogen and oxygen atoms in total. The van der Waals surface area contributed by atoms with Crippen molar-refractivity contribution < 1.29 is 38.1 Å². The van der Waals surface area contributed by atoms with Crippen LogP contribution < -0.4 is 0 Å². The molecule has 0 N–H and O–H groups in total. The summed E-state index contributed by atoms with van der Waals surface area (Å²) >= 11 is 0. The first-order chi connectivity index (χ1) is 10.5. The molecule has 0 aliphatic carbocycles. The average molecular weight is 314 g/mol. The van der Waals surface area contributed by atoms with Gasteiger partial charge in [0.05, 0.1) is 19.6 Å². The van der Waals surface area contributed by atoms with Crippen molar-refractivity contribution in [2.24, 2.45) is 0 Å². The monoisotopic (exact) mass is 314 g/mol. The summed E-state index contributed by atoms with van der Waals surface area (Å²) in [5.74, 6) is -2.22. The molecule has 0 aromatic heterocycles. The van der Waals surface area contributed by atoms with Gasteiger partial charge in [0.1, 0.15) is 6.61 Å². The minimum Gasteiger partial charge on any atom is -0.466 e. The first kappa shape index (κ1) is 17.7. The molecule has 1 heterocycles. The Bertz CT molecular complexity index is 442. The van der Waals surface area contributed by atoms with Crippen molar-refractivity contribution in [3.05, 3.63) is 12.7 Å². The number of hydrogen-bond donors (Lipinski definition) is 0. The molecule has 0 aromatic carbocycles. The van der Waals surface area contributed by atoms with E-state index >= 15 is 0 Å². The molecule has 0 aromatic rings. The fourth-order valence-electron chi connectivity index (χ4n) is 1.57. The van der Waals surface area contributed by atoms with Gasteiger partial charge in [-0.1, -0.05) is 6.58 Å². The molecule has 1 aliphatic rings. The highest BCUT2D eigenvalue weighted by Gasteiger charge is 2.29. The standard InChI is InChI=1S/C14H18O8/c1-2-11(15)20-9-6-12(16)19-7-3-4-13(17)22-10-5-8-21-14(10)18/h2,10H,1,3-9H2. The smallest absolute Gasteiger partial charge is 0.347 e. The van der Waals surface area contributed by atoms with Crippen molar-refractivity contribution >= 4 is 23.9 Å². The van der Waals surface area contributed by atoms with E-state index in [1.54, 1.807) is 0 Å². The Kier molecular flexibility index (Phi) is 7.66. The Balaban J connectivity index is 2.03. The van der Waals surface area contributed by atoms with Crippen LogP contribution in [-0.2, 0) is 38.1 Å². The maximum Gasteiger partial charge on any atom is 0.347 e. The highest BCUT2D eigenvalue weighted by Crippen LogP contribution is 2.11. The molecule has 0 radical (unpaired) electrons. The largest absolute Gasteiger partial charge is 0.466 e. The van der Waals surface area contributed by atoms with Crippen LogP contribution >= 0.6 is 0 Å². The summed E-state index contributed by atoms with van der Waals surface area (Å²) in [6, 6.07) is 0. The molecular weight excluding hydrogens is 296 g/mol. The zero-order chi connectivity index (χ0) is 16.4. The number of rotatable bonds is 9. The van der Waals surface area contributed by atoms with Gasteiger partial charge in [0.15, 0.2) is 0 Å². The topological polar surface area (TPSA) is 105 Å². The first-order valence-corrected chi connectivity index (χ1v) is 6.84. The quantitative estimate of drug-likeness (QED) is 0.259. The van der Waals surface area contributed by atoms with Gasteiger partial charge in [-0.2, -0.15) is 0 Å². The molecule has 122 valence electrons. The maximum atomic E-state index is 11.4. The minimum atomic E-state index is -0.824. The Hall–Kier alpha value is -2.38. The predicted octanol–water partition coefficient (Wildman–Crippen LogP) is 0.288. The van der Waals surface area contributed by atoms with Crippen molar-refractivity contribution in [3.8, 4) is 0 Å². The number of cyclic esters (lactones) is 1. The van der Waals surface area contributed by atoms with Crippen LogP contribution in [0.25, 0.3) is 0 Å². The fourth-order valence-corrected chi connectivity index (χ4v) is 1.57. The van der Waals surface area contributed by atoms with E-state index in [1.807, 2.05) is 0 Å². The van der Waals surface area contributed by atoms with Gasteiger partial charge >= 0.3 is 23.9 Å². The summed E-state index contributed by atoms with van der Waals surface area (Å²) in [6.45, 7) is 3.42. The van der Waals surface area contributed by atoms with E-state index in [4.69, 9.17) is 9.47 Å². The first-order valence-electron chi connectivity index (χ1n) is 6.84. The van der Waals surface area contributed by atoms with Gasteiger partial charge in [-0.15, -0.1) is 0 Å². The molecule has 0 amide bonds. The van der Waals surface area contributed by atoms with E-state index in [9.17, 15) is 19.2 Å². The summed E-state index contributed by atoms with van der Waals surface area (Å²) in [6.07, 6.45) is 0.772. The molecule has 0 bridgehead atoms. The second-order valence-electron chi connectivity index (χ2n) is 4.38. The van der Waals surface area contributed by atoms with E-state index in [1.165, 1.54) is 0 Å². The molecule has 0 spiro atoms. The summed E-state index contributed by atoms with van der Waals surface area (Å²) in [5.41, 5.74) is 0. The number of carbonyl (C=O) groups excluding carboxylic acids is 4. The number of carbonyl (C=O) groups is 4. The zero-order valence-corrected chi connectivity index (χ0v) is 12.1. The number of ether oxygens (including phenoxy) is 4. The lowest BCUT2D eigenvalue weighted by atomic mass is 10.3. The third-order valence-corrected chi connectivity index (χ3v) is 2.67. The van der Waals surface area contributed by atoms with Crippen LogP contribution in [0.2, 0.25) is 0 Å². The predicted molar refractivity (Wildman–Crippen MR) is 71.4 cm³/mol. The van der Waals surface area contributed by atoms with Crippen LogP contribution in [0.1, 0.15) is 25.7 Å². The van der Waals surface area contributed by atoms with E-state index in [2.05, 4.69) is 16.1 Å². The van der Waals surface area contributed by atoms with Gasteiger partial charge in [-0.05, 0) is 6.42 Å². The van der Waals surface area contributed by atoms with Crippen molar-refractivity contribution in [2.45, 2.75) is 31.8 Å². The van der Waals surface area contributed by atoms with Gasteiger partial charge in [0.25, 0.3) is 0 Å². The van der Waals surface area contributed by atoms with Crippen LogP contribution in [0, 0.1) is 0 Å². The van der Waals surface area contributed by atoms with E-state index in [-0.39, 0.29) is 39.1 Å². The third kappa shape index (κ3) is 6.87. The average Bonchev–Trinajstić information content (AvgIpc) is 2.88. The highest BCUT2D eigenvalue weighted by molar-refractivity contribution is 5.81. The SMILES string of the molecule is C=CC(=O)OCCC(=O)OCCCC(=O)OC1CCOC1=O. The van der Waals surface area contributed by atoms with Crippen molar-refractivity contribution in [1.29, 1.82) is 0 Å². The van der Waals surface area contributed by atoms with Crippen LogP contribution in [-0.4, -0.2) is 49.8 Å². The normalized spacial score (nSPS) is 16.5. The lowest BCUT2D eigenvalue weighted by molar-refractivity contribution is -0.160. The lowest BCUT2D eigenvalue weighted by Gasteiger charge is -2.08. The molecule has 1 saturated heterocycles. The molecule has 1 rings (SSSR count). The van der Waals surface area contributed by atoms with E-state index < -0.39 is 30.0 Å². The van der Waals surface area contributed by atoms with Gasteiger partial charge < -0.3 is 18.9 Å². The van der Waals surface area contributed by atoms with Crippen molar-refractivity contribution in [1.82, 2.24) is 0 Å². The molecule has 1 unspecified atom stereocenters. The second-order valence-corrected chi connectivity index (χ2v) is 4.38. The van der Waals surface area contributed by atoms with Gasteiger partial charge in [0, 0.05) is 18.9 Å². The Morgan fingerprint density at radius 2 is 1.95 bits per heavy atom. The van der Waals surface area contributed by atoms with E-state index in [0.29, 0.717) is 6.42 Å². The summed E-state index contributed by atoms with van der Waals surface area (Å²) in [5, 5.41) is 0. The molecular formula is C14H18O8. The van der Waals surface area contributed by atoms with Gasteiger partial charge in [-0.25, -0.2) is 9.59 Å². The number of hydrogen-bond acceptors (Lipinski definition) is 8. The summed E-state index contributed by atoms with van der Waals surface area (Å²) in [7, 11) is 0.